The third-order valence-corrected chi connectivity index (χ3v) is 7.21. The summed E-state index contributed by atoms with van der Waals surface area (Å²) in [6.45, 7) is 5.69. The molecule has 1 aromatic heterocycles. The number of urea groups is 1. The number of piperidine rings is 1. The monoisotopic (exact) mass is 449 g/mol. The van der Waals surface area contributed by atoms with Crippen LogP contribution in [0.1, 0.15) is 47.1 Å². The SMILES string of the molecule is NC(=O)N1Cc2cnccc2C1c1ccc(C2CCN(C(=O)CN3CCOCC3)CC2)cc1. The number of morpholine rings is 1. The van der Waals surface area contributed by atoms with Gasteiger partial charge in [0.05, 0.1) is 32.3 Å². The summed E-state index contributed by atoms with van der Waals surface area (Å²) in [5, 5.41) is 0. The fourth-order valence-corrected chi connectivity index (χ4v) is 5.31. The van der Waals surface area contributed by atoms with Gasteiger partial charge in [0.1, 0.15) is 0 Å². The first-order valence-corrected chi connectivity index (χ1v) is 11.8. The van der Waals surface area contributed by atoms with Crippen molar-refractivity contribution in [3.05, 3.63) is 65.0 Å². The normalized spacial score (nSPS) is 21.8. The highest BCUT2D eigenvalue weighted by molar-refractivity contribution is 5.78. The minimum atomic E-state index is -0.422. The molecule has 5 rings (SSSR count). The molecule has 3 aliphatic heterocycles. The number of primary amides is 1. The second-order valence-electron chi connectivity index (χ2n) is 9.15. The molecule has 1 atom stereocenters. The number of rotatable bonds is 4. The number of pyridine rings is 1. The summed E-state index contributed by atoms with van der Waals surface area (Å²) in [5.41, 5.74) is 10.1. The molecular formula is C25H31N5O3. The fraction of sp³-hybridized carbons (Fsp3) is 0.480. The zero-order chi connectivity index (χ0) is 22.8. The van der Waals surface area contributed by atoms with E-state index in [-0.39, 0.29) is 11.9 Å². The van der Waals surface area contributed by atoms with Crippen LogP contribution in [0.2, 0.25) is 0 Å². The van der Waals surface area contributed by atoms with Gasteiger partial charge in [-0.05, 0) is 47.1 Å². The Kier molecular flexibility index (Phi) is 6.28. The fourth-order valence-electron chi connectivity index (χ4n) is 5.31. The number of ether oxygens (including phenoxy) is 1. The number of hydrogen-bond acceptors (Lipinski definition) is 5. The maximum Gasteiger partial charge on any atom is 0.315 e. The van der Waals surface area contributed by atoms with E-state index >= 15 is 0 Å². The number of carbonyl (C=O) groups is 2. The Labute approximate surface area is 194 Å². The minimum absolute atomic E-state index is 0.172. The first-order chi connectivity index (χ1) is 16.1. The summed E-state index contributed by atoms with van der Waals surface area (Å²) in [6.07, 6.45) is 5.52. The molecule has 3 aliphatic rings. The molecular weight excluding hydrogens is 418 g/mol. The molecule has 8 heteroatoms. The number of hydrogen-bond donors (Lipinski definition) is 1. The smallest absolute Gasteiger partial charge is 0.315 e. The molecule has 1 aromatic carbocycles. The molecule has 1 unspecified atom stereocenters. The molecule has 2 saturated heterocycles. The number of fused-ring (bicyclic) bond motifs is 1. The number of nitrogens with zero attached hydrogens (tertiary/aromatic N) is 4. The minimum Gasteiger partial charge on any atom is -0.379 e. The zero-order valence-electron chi connectivity index (χ0n) is 18.9. The van der Waals surface area contributed by atoms with Gasteiger partial charge in [-0.25, -0.2) is 4.79 Å². The van der Waals surface area contributed by atoms with E-state index in [1.165, 1.54) is 5.56 Å². The lowest BCUT2D eigenvalue weighted by atomic mass is 9.88. The average molecular weight is 450 g/mol. The second kappa shape index (κ2) is 9.49. The van der Waals surface area contributed by atoms with E-state index in [1.807, 2.05) is 17.2 Å². The highest BCUT2D eigenvalue weighted by Gasteiger charge is 2.34. The van der Waals surface area contributed by atoms with Crippen molar-refractivity contribution in [2.24, 2.45) is 5.73 Å². The number of likely N-dealkylation sites (tertiary alicyclic amines) is 1. The third kappa shape index (κ3) is 4.58. The van der Waals surface area contributed by atoms with Gasteiger partial charge in [0, 0.05) is 38.6 Å². The molecule has 33 heavy (non-hydrogen) atoms. The number of benzene rings is 1. The van der Waals surface area contributed by atoms with Crippen LogP contribution in [0, 0.1) is 0 Å². The number of aromatic nitrogens is 1. The lowest BCUT2D eigenvalue weighted by molar-refractivity contribution is -0.134. The Bertz CT molecular complexity index is 997. The molecule has 174 valence electrons. The van der Waals surface area contributed by atoms with Gasteiger partial charge in [0.2, 0.25) is 5.91 Å². The summed E-state index contributed by atoms with van der Waals surface area (Å²) in [4.78, 5) is 34.8. The second-order valence-corrected chi connectivity index (χ2v) is 9.15. The van der Waals surface area contributed by atoms with E-state index in [2.05, 4.69) is 34.1 Å². The molecule has 0 radical (unpaired) electrons. The van der Waals surface area contributed by atoms with E-state index in [0.29, 0.717) is 32.2 Å². The van der Waals surface area contributed by atoms with Crippen molar-refractivity contribution in [1.29, 1.82) is 0 Å². The molecule has 0 aliphatic carbocycles. The highest BCUT2D eigenvalue weighted by Crippen LogP contribution is 2.38. The van der Waals surface area contributed by atoms with Gasteiger partial charge >= 0.3 is 6.03 Å². The van der Waals surface area contributed by atoms with Gasteiger partial charge < -0.3 is 20.3 Å². The van der Waals surface area contributed by atoms with Crippen LogP contribution >= 0.6 is 0 Å². The van der Waals surface area contributed by atoms with E-state index in [1.54, 1.807) is 11.1 Å². The van der Waals surface area contributed by atoms with E-state index < -0.39 is 6.03 Å². The molecule has 3 amide bonds. The Morgan fingerprint density at radius 1 is 1.00 bits per heavy atom. The van der Waals surface area contributed by atoms with Crippen LogP contribution in [0.25, 0.3) is 0 Å². The topological polar surface area (TPSA) is 92.0 Å². The van der Waals surface area contributed by atoms with E-state index in [0.717, 1.165) is 55.7 Å². The van der Waals surface area contributed by atoms with Crippen LogP contribution < -0.4 is 5.73 Å². The molecule has 2 aromatic rings. The van der Waals surface area contributed by atoms with Gasteiger partial charge in [-0.2, -0.15) is 0 Å². The summed E-state index contributed by atoms with van der Waals surface area (Å²) >= 11 is 0. The lowest BCUT2D eigenvalue weighted by Crippen LogP contribution is -2.46. The quantitative estimate of drug-likeness (QED) is 0.772. The van der Waals surface area contributed by atoms with Crippen molar-refractivity contribution in [3.63, 3.8) is 0 Å². The predicted octanol–water partition coefficient (Wildman–Crippen LogP) is 2.10. The summed E-state index contributed by atoms with van der Waals surface area (Å²) in [6, 6.07) is 9.94. The lowest BCUT2D eigenvalue weighted by Gasteiger charge is -2.34. The molecule has 0 saturated carbocycles. The van der Waals surface area contributed by atoms with E-state index in [4.69, 9.17) is 10.5 Å². The highest BCUT2D eigenvalue weighted by atomic mass is 16.5. The Hall–Kier alpha value is -2.97. The number of nitrogens with two attached hydrogens (primary N) is 1. The first-order valence-electron chi connectivity index (χ1n) is 11.8. The van der Waals surface area contributed by atoms with Crippen molar-refractivity contribution in [3.8, 4) is 0 Å². The van der Waals surface area contributed by atoms with Crippen LogP contribution in [-0.2, 0) is 16.1 Å². The predicted molar refractivity (Wildman–Crippen MR) is 123 cm³/mol. The van der Waals surface area contributed by atoms with Gasteiger partial charge in [0.25, 0.3) is 0 Å². The standard InChI is InChI=1S/C25H31N5O3/c26-25(32)30-16-21-15-27-8-5-22(21)24(30)20-3-1-18(2-4-20)19-6-9-29(10-7-19)23(31)17-28-11-13-33-14-12-28/h1-5,8,15,19,24H,6-7,9-14,16-17H2,(H2,26,32). The largest absolute Gasteiger partial charge is 0.379 e. The molecule has 4 heterocycles. The molecule has 2 N–H and O–H groups in total. The maximum atomic E-state index is 12.7. The summed E-state index contributed by atoms with van der Waals surface area (Å²) < 4.78 is 5.37. The average Bonchev–Trinajstić information content (AvgIpc) is 3.25. The Balaban J connectivity index is 1.22. The van der Waals surface area contributed by atoms with Gasteiger partial charge in [-0.3, -0.25) is 14.7 Å². The van der Waals surface area contributed by atoms with Crippen LogP contribution in [0.3, 0.4) is 0 Å². The first kappa shape index (κ1) is 21.9. The summed E-state index contributed by atoms with van der Waals surface area (Å²) in [5.74, 6) is 0.672. The van der Waals surface area contributed by atoms with Crippen molar-refractivity contribution >= 4 is 11.9 Å². The number of amides is 3. The van der Waals surface area contributed by atoms with Crippen LogP contribution in [-0.4, -0.2) is 77.6 Å². The number of carbonyl (C=O) groups excluding carboxylic acids is 2. The molecule has 0 bridgehead atoms. The Morgan fingerprint density at radius 2 is 1.70 bits per heavy atom. The van der Waals surface area contributed by atoms with Crippen LogP contribution in [0.15, 0.2) is 42.7 Å². The maximum absolute atomic E-state index is 12.7. The van der Waals surface area contributed by atoms with Crippen molar-refractivity contribution in [1.82, 2.24) is 19.7 Å². The van der Waals surface area contributed by atoms with E-state index in [9.17, 15) is 9.59 Å². The third-order valence-electron chi connectivity index (χ3n) is 7.21. The zero-order valence-corrected chi connectivity index (χ0v) is 18.9. The van der Waals surface area contributed by atoms with Crippen LogP contribution in [0.4, 0.5) is 4.79 Å². The van der Waals surface area contributed by atoms with Crippen LogP contribution in [0.5, 0.6) is 0 Å². The Morgan fingerprint density at radius 3 is 2.39 bits per heavy atom. The van der Waals surface area contributed by atoms with Gasteiger partial charge in [0.15, 0.2) is 0 Å². The van der Waals surface area contributed by atoms with Crippen molar-refractivity contribution < 1.29 is 14.3 Å². The van der Waals surface area contributed by atoms with Crippen molar-refractivity contribution in [2.75, 3.05) is 45.9 Å². The van der Waals surface area contributed by atoms with Gasteiger partial charge in [-0.1, -0.05) is 24.3 Å². The molecule has 2 fully saturated rings. The summed E-state index contributed by atoms with van der Waals surface area (Å²) in [7, 11) is 0. The molecule has 8 nitrogen and oxygen atoms in total. The van der Waals surface area contributed by atoms with Crippen molar-refractivity contribution in [2.45, 2.75) is 31.3 Å². The molecule has 0 spiro atoms. The van der Waals surface area contributed by atoms with Gasteiger partial charge in [-0.15, -0.1) is 0 Å².